The molecule has 0 unspecified atom stereocenters. The molecule has 5 rings (SSSR count). The Labute approximate surface area is 194 Å². The largest absolute Gasteiger partial charge is 0.462 e. The van der Waals surface area contributed by atoms with Gasteiger partial charge >= 0.3 is 5.97 Å². The van der Waals surface area contributed by atoms with Gasteiger partial charge in [-0.2, -0.15) is 0 Å². The van der Waals surface area contributed by atoms with Crippen molar-refractivity contribution in [1.29, 1.82) is 0 Å². The summed E-state index contributed by atoms with van der Waals surface area (Å²) in [6.45, 7) is 10.1. The molecule has 0 radical (unpaired) electrons. The number of ether oxygens (including phenoxy) is 1. The van der Waals surface area contributed by atoms with E-state index in [0.29, 0.717) is 29.5 Å². The molecule has 0 aromatic carbocycles. The number of likely N-dealkylation sites (tertiary alicyclic amines) is 1. The Morgan fingerprint density at radius 1 is 1.06 bits per heavy atom. The maximum atomic E-state index is 12.5. The number of carbonyl (C=O) groups excluding carboxylic acids is 2. The summed E-state index contributed by atoms with van der Waals surface area (Å²) >= 11 is 0. The number of rotatable bonds is 5. The Balaban J connectivity index is 1.20. The maximum absolute atomic E-state index is 12.5. The first-order valence-corrected chi connectivity index (χ1v) is 13.6. The quantitative estimate of drug-likeness (QED) is 0.651. The number of ketones is 1. The second-order valence-corrected chi connectivity index (χ2v) is 12.4. The molecule has 178 valence electrons. The monoisotopic (exact) mass is 442 g/mol. The number of hydrogen-bond acceptors (Lipinski definition) is 3. The highest BCUT2D eigenvalue weighted by Gasteiger charge is 2.59. The predicted molar refractivity (Wildman–Crippen MR) is 125 cm³/mol. The van der Waals surface area contributed by atoms with Crippen molar-refractivity contribution in [3.8, 4) is 0 Å². The number of esters is 1. The molecule has 7 atom stereocenters. The van der Waals surface area contributed by atoms with Crippen LogP contribution < -0.4 is 4.90 Å². The van der Waals surface area contributed by atoms with Gasteiger partial charge in [0.1, 0.15) is 6.10 Å². The topological polar surface area (TPSA) is 47.8 Å². The minimum Gasteiger partial charge on any atom is -0.462 e. The first-order valence-electron chi connectivity index (χ1n) is 13.6. The van der Waals surface area contributed by atoms with Crippen molar-refractivity contribution in [2.75, 3.05) is 19.6 Å². The third kappa shape index (κ3) is 3.79. The van der Waals surface area contributed by atoms with Crippen LogP contribution in [0.2, 0.25) is 0 Å². The van der Waals surface area contributed by atoms with Gasteiger partial charge in [0, 0.05) is 12.8 Å². The average Bonchev–Trinajstić information content (AvgIpc) is 3.39. The van der Waals surface area contributed by atoms with Gasteiger partial charge in [0.15, 0.2) is 5.78 Å². The summed E-state index contributed by atoms with van der Waals surface area (Å²) in [7, 11) is 0. The van der Waals surface area contributed by atoms with Crippen molar-refractivity contribution in [1.82, 2.24) is 0 Å². The second-order valence-electron chi connectivity index (χ2n) is 12.4. The summed E-state index contributed by atoms with van der Waals surface area (Å²) in [5, 5.41) is 0. The lowest BCUT2D eigenvalue weighted by Gasteiger charge is -2.60. The van der Waals surface area contributed by atoms with E-state index in [9.17, 15) is 9.59 Å². The fourth-order valence-electron chi connectivity index (χ4n) is 9.09. The molecule has 0 aromatic rings. The molecule has 1 aliphatic heterocycles. The summed E-state index contributed by atoms with van der Waals surface area (Å²) in [6.07, 6.45) is 15.0. The van der Waals surface area contributed by atoms with Gasteiger partial charge in [-0.15, -0.1) is 0 Å². The molecule has 0 bridgehead atoms. The van der Waals surface area contributed by atoms with Crippen LogP contribution in [0.25, 0.3) is 0 Å². The Bertz CT molecular complexity index is 784. The SMILES string of the molecule is CC(=O)C1=CC[C@H]2[C@H]3CC[C@H]4C[C@@H](OC(=O)CC[NH+]5CCCC5)CC[C@]4(C)[C@H]3CC[C@]12C. The van der Waals surface area contributed by atoms with Gasteiger partial charge < -0.3 is 9.64 Å². The van der Waals surface area contributed by atoms with Crippen LogP contribution in [0.5, 0.6) is 0 Å². The highest BCUT2D eigenvalue weighted by Crippen LogP contribution is 2.66. The second kappa shape index (κ2) is 8.56. The van der Waals surface area contributed by atoms with E-state index in [1.807, 2.05) is 0 Å². The Morgan fingerprint density at radius 3 is 2.59 bits per heavy atom. The maximum Gasteiger partial charge on any atom is 0.311 e. The zero-order chi connectivity index (χ0) is 22.5. The van der Waals surface area contributed by atoms with E-state index in [0.717, 1.165) is 43.2 Å². The van der Waals surface area contributed by atoms with E-state index in [2.05, 4.69) is 19.9 Å². The number of quaternary nitrogens is 1. The number of hydrogen-bond donors (Lipinski definition) is 1. The Morgan fingerprint density at radius 2 is 1.84 bits per heavy atom. The summed E-state index contributed by atoms with van der Waals surface area (Å²) < 4.78 is 6.01. The normalized spacial score (nSPS) is 43.7. The van der Waals surface area contributed by atoms with E-state index in [-0.39, 0.29) is 17.5 Å². The van der Waals surface area contributed by atoms with E-state index in [1.165, 1.54) is 58.0 Å². The minimum atomic E-state index is 0.0360. The molecule has 3 saturated carbocycles. The zero-order valence-electron chi connectivity index (χ0n) is 20.6. The van der Waals surface area contributed by atoms with Gasteiger partial charge in [0.2, 0.25) is 0 Å². The Hall–Kier alpha value is -1.16. The van der Waals surface area contributed by atoms with Crippen molar-refractivity contribution in [3.05, 3.63) is 11.6 Å². The summed E-state index contributed by atoms with van der Waals surface area (Å²) in [4.78, 5) is 26.4. The molecular weight excluding hydrogens is 398 g/mol. The molecule has 5 aliphatic rings. The lowest BCUT2D eigenvalue weighted by molar-refractivity contribution is -0.886. The highest BCUT2D eigenvalue weighted by molar-refractivity contribution is 5.95. The van der Waals surface area contributed by atoms with Crippen LogP contribution in [0.4, 0.5) is 0 Å². The zero-order valence-corrected chi connectivity index (χ0v) is 20.6. The van der Waals surface area contributed by atoms with Gasteiger partial charge in [-0.3, -0.25) is 9.59 Å². The van der Waals surface area contributed by atoms with Crippen molar-refractivity contribution in [3.63, 3.8) is 0 Å². The van der Waals surface area contributed by atoms with Crippen molar-refractivity contribution in [2.24, 2.45) is 34.5 Å². The molecule has 4 aliphatic carbocycles. The van der Waals surface area contributed by atoms with Gasteiger partial charge in [0.25, 0.3) is 0 Å². The molecular formula is C28H44NO3+. The molecule has 0 amide bonds. The first-order chi connectivity index (χ1) is 15.3. The molecule has 0 aromatic heterocycles. The van der Waals surface area contributed by atoms with Crippen LogP contribution in [0.1, 0.15) is 91.4 Å². The van der Waals surface area contributed by atoms with Crippen LogP contribution in [-0.4, -0.2) is 37.5 Å². The van der Waals surface area contributed by atoms with E-state index in [4.69, 9.17) is 4.74 Å². The molecule has 1 heterocycles. The molecule has 1 N–H and O–H groups in total. The summed E-state index contributed by atoms with van der Waals surface area (Å²) in [6, 6.07) is 0. The smallest absolute Gasteiger partial charge is 0.311 e. The highest BCUT2D eigenvalue weighted by atomic mass is 16.5. The third-order valence-electron chi connectivity index (χ3n) is 10.9. The predicted octanol–water partition coefficient (Wildman–Crippen LogP) is 4.14. The number of carbonyl (C=O) groups is 2. The van der Waals surface area contributed by atoms with Gasteiger partial charge in [-0.05, 0) is 98.4 Å². The van der Waals surface area contributed by atoms with Crippen LogP contribution in [0.3, 0.4) is 0 Å². The summed E-state index contributed by atoms with van der Waals surface area (Å²) in [5.74, 6) is 3.20. The minimum absolute atomic E-state index is 0.0360. The van der Waals surface area contributed by atoms with Crippen molar-refractivity contribution < 1.29 is 19.2 Å². The van der Waals surface area contributed by atoms with E-state index < -0.39 is 0 Å². The van der Waals surface area contributed by atoms with E-state index >= 15 is 0 Å². The van der Waals surface area contributed by atoms with Crippen LogP contribution in [-0.2, 0) is 14.3 Å². The number of nitrogens with one attached hydrogen (secondary N) is 1. The lowest BCUT2D eigenvalue weighted by atomic mass is 9.44. The standard InChI is InChI=1S/C28H43NO3/c1-19(30)23-8-9-24-22-7-6-20-18-21(32-26(31)12-17-29-15-4-5-16-29)10-13-27(20,2)25(22)11-14-28(23,24)3/h8,20-22,24-25H,4-7,9-18H2,1-3H3/p+1/t20-,21-,22+,24-,25-,27-,28+/m0/s1. The fraction of sp³-hybridized carbons (Fsp3) is 0.857. The summed E-state index contributed by atoms with van der Waals surface area (Å²) in [5.41, 5.74) is 1.62. The first kappa shape index (κ1) is 22.6. The Kier molecular flexibility index (Phi) is 6.05. The van der Waals surface area contributed by atoms with Crippen LogP contribution >= 0.6 is 0 Å². The number of fused-ring (bicyclic) bond motifs is 5. The molecule has 32 heavy (non-hydrogen) atoms. The van der Waals surface area contributed by atoms with Crippen molar-refractivity contribution in [2.45, 2.75) is 97.5 Å². The average molecular weight is 443 g/mol. The molecule has 4 fully saturated rings. The molecule has 1 saturated heterocycles. The molecule has 0 spiro atoms. The third-order valence-corrected chi connectivity index (χ3v) is 10.9. The van der Waals surface area contributed by atoms with Gasteiger partial charge in [-0.25, -0.2) is 0 Å². The number of Topliss-reactive ketones (excluding diaryl/α,β-unsaturated/α-hetero) is 1. The molecule has 4 nitrogen and oxygen atoms in total. The fourth-order valence-corrected chi connectivity index (χ4v) is 9.09. The van der Waals surface area contributed by atoms with Crippen molar-refractivity contribution >= 4 is 11.8 Å². The van der Waals surface area contributed by atoms with Gasteiger partial charge in [0.05, 0.1) is 26.1 Å². The number of allylic oxidation sites excluding steroid dienone is 2. The lowest BCUT2D eigenvalue weighted by Crippen LogP contribution is -3.10. The molecule has 4 heteroatoms. The van der Waals surface area contributed by atoms with E-state index in [1.54, 1.807) is 11.8 Å². The van der Waals surface area contributed by atoms with Crippen LogP contribution in [0, 0.1) is 34.5 Å². The van der Waals surface area contributed by atoms with Crippen LogP contribution in [0.15, 0.2) is 11.6 Å². The van der Waals surface area contributed by atoms with Gasteiger partial charge in [-0.1, -0.05) is 19.9 Å².